The van der Waals surface area contributed by atoms with Crippen molar-refractivity contribution in [1.82, 2.24) is 4.90 Å². The first-order valence-corrected chi connectivity index (χ1v) is 11.9. The molecule has 4 nitrogen and oxygen atoms in total. The molecule has 1 aliphatic rings. The van der Waals surface area contributed by atoms with Gasteiger partial charge in [0.05, 0.1) is 11.5 Å². The fourth-order valence-corrected chi connectivity index (χ4v) is 5.22. The third-order valence-electron chi connectivity index (χ3n) is 5.83. The van der Waals surface area contributed by atoms with Crippen molar-refractivity contribution in [3.8, 4) is 0 Å². The van der Waals surface area contributed by atoms with Gasteiger partial charge in [-0.05, 0) is 54.3 Å². The largest absolute Gasteiger partial charge is 0.299 e. The molecule has 0 spiro atoms. The van der Waals surface area contributed by atoms with E-state index >= 15 is 0 Å². The first kappa shape index (κ1) is 21.7. The predicted molar refractivity (Wildman–Crippen MR) is 119 cm³/mol. The van der Waals surface area contributed by atoms with Crippen LogP contribution in [0.15, 0.2) is 89.8 Å². The summed E-state index contributed by atoms with van der Waals surface area (Å²) in [4.78, 5) is 2.49. The van der Waals surface area contributed by atoms with Gasteiger partial charge in [0.1, 0.15) is 5.82 Å². The molecule has 0 aromatic heterocycles. The normalized spacial score (nSPS) is 19.9. The molecule has 0 aliphatic carbocycles. The molecule has 4 rings (SSSR count). The van der Waals surface area contributed by atoms with Crippen molar-refractivity contribution in [3.63, 3.8) is 0 Å². The minimum absolute atomic E-state index is 0.0265. The van der Waals surface area contributed by atoms with Crippen LogP contribution < -0.4 is 0 Å². The van der Waals surface area contributed by atoms with Crippen molar-refractivity contribution < 1.29 is 17.0 Å². The maximum atomic E-state index is 13.4. The van der Waals surface area contributed by atoms with E-state index in [1.165, 1.54) is 29.8 Å². The van der Waals surface area contributed by atoms with Gasteiger partial charge in [-0.1, -0.05) is 60.7 Å². The van der Waals surface area contributed by atoms with Crippen LogP contribution in [-0.4, -0.2) is 33.0 Å². The van der Waals surface area contributed by atoms with Gasteiger partial charge in [-0.3, -0.25) is 9.08 Å². The van der Waals surface area contributed by atoms with Gasteiger partial charge in [0.25, 0.3) is 10.1 Å². The first-order chi connectivity index (χ1) is 15.0. The highest BCUT2D eigenvalue weighted by Crippen LogP contribution is 2.34. The average Bonchev–Trinajstić information content (AvgIpc) is 2.80. The Kier molecular flexibility index (Phi) is 6.80. The molecular weight excluding hydrogens is 413 g/mol. The van der Waals surface area contributed by atoms with Crippen molar-refractivity contribution in [3.05, 3.63) is 102 Å². The van der Waals surface area contributed by atoms with E-state index in [9.17, 15) is 12.8 Å². The summed E-state index contributed by atoms with van der Waals surface area (Å²) >= 11 is 0. The molecule has 1 saturated heterocycles. The molecule has 1 aliphatic heterocycles. The third kappa shape index (κ3) is 5.58. The van der Waals surface area contributed by atoms with Crippen LogP contribution in [0.2, 0.25) is 0 Å². The number of hydrogen-bond donors (Lipinski definition) is 0. The minimum Gasteiger partial charge on any atom is -0.299 e. The molecule has 31 heavy (non-hydrogen) atoms. The smallest absolute Gasteiger partial charge is 0.296 e. The number of benzene rings is 3. The maximum absolute atomic E-state index is 13.4. The number of hydrogen-bond acceptors (Lipinski definition) is 4. The molecule has 3 aromatic rings. The van der Waals surface area contributed by atoms with E-state index < -0.39 is 10.1 Å². The fourth-order valence-electron chi connectivity index (χ4n) is 4.24. The zero-order valence-corrected chi connectivity index (χ0v) is 18.0. The van der Waals surface area contributed by atoms with Crippen molar-refractivity contribution >= 4 is 10.1 Å². The highest BCUT2D eigenvalue weighted by molar-refractivity contribution is 7.86. The lowest BCUT2D eigenvalue weighted by molar-refractivity contribution is 0.108. The van der Waals surface area contributed by atoms with E-state index in [1.54, 1.807) is 30.3 Å². The average molecular weight is 440 g/mol. The third-order valence-corrected chi connectivity index (χ3v) is 7.13. The molecule has 6 heteroatoms. The molecule has 0 saturated carbocycles. The summed E-state index contributed by atoms with van der Waals surface area (Å²) in [6.45, 7) is 2.49. The molecule has 2 atom stereocenters. The Balaban J connectivity index is 1.51. The summed E-state index contributed by atoms with van der Waals surface area (Å²) in [6.07, 6.45) is 0.859. The molecular formula is C25H26FNO3S. The lowest BCUT2D eigenvalue weighted by atomic mass is 9.81. The Labute approximate surface area is 183 Å². The van der Waals surface area contributed by atoms with Gasteiger partial charge < -0.3 is 0 Å². The zero-order valence-electron chi connectivity index (χ0n) is 17.2. The second-order valence-electron chi connectivity index (χ2n) is 7.98. The van der Waals surface area contributed by atoms with E-state index in [2.05, 4.69) is 17.0 Å². The van der Waals surface area contributed by atoms with Crippen LogP contribution in [-0.2, 0) is 20.8 Å². The van der Waals surface area contributed by atoms with Crippen LogP contribution in [0.5, 0.6) is 0 Å². The Hall–Kier alpha value is -2.54. The standard InChI is InChI=1S/C25H26FNO3S/c26-23-13-11-21(12-14-23)25-15-16-27(17-20-7-3-1-4-8-20)18-22(25)19-30-31(28,29)24-9-5-2-6-10-24/h1-14,22,25H,15-19H2/t22-,25+/m0/s1. The molecule has 3 aromatic carbocycles. The van der Waals surface area contributed by atoms with Crippen LogP contribution in [0.1, 0.15) is 23.5 Å². The summed E-state index contributed by atoms with van der Waals surface area (Å²) in [6, 6.07) is 25.0. The maximum Gasteiger partial charge on any atom is 0.296 e. The zero-order chi connectivity index (χ0) is 21.7. The minimum atomic E-state index is -3.83. The monoisotopic (exact) mass is 439 g/mol. The number of piperidine rings is 1. The second kappa shape index (κ2) is 9.73. The van der Waals surface area contributed by atoms with Gasteiger partial charge >= 0.3 is 0 Å². The second-order valence-corrected chi connectivity index (χ2v) is 9.59. The van der Waals surface area contributed by atoms with Gasteiger partial charge in [0, 0.05) is 19.0 Å². The molecule has 0 N–H and O–H groups in total. The summed E-state index contributed by atoms with van der Waals surface area (Å²) in [5, 5.41) is 0. The predicted octanol–water partition coefficient (Wildman–Crippen LogP) is 4.84. The topological polar surface area (TPSA) is 46.6 Å². The summed E-state index contributed by atoms with van der Waals surface area (Å²) in [7, 11) is -3.83. The molecule has 0 radical (unpaired) electrons. The lowest BCUT2D eigenvalue weighted by Gasteiger charge is -2.38. The van der Waals surface area contributed by atoms with E-state index in [-0.39, 0.29) is 29.2 Å². The van der Waals surface area contributed by atoms with Crippen LogP contribution in [0.3, 0.4) is 0 Å². The van der Waals surface area contributed by atoms with Crippen LogP contribution in [0.4, 0.5) is 4.39 Å². The Morgan fingerprint density at radius 3 is 2.23 bits per heavy atom. The Morgan fingerprint density at radius 2 is 1.55 bits per heavy atom. The molecule has 0 amide bonds. The SMILES string of the molecule is O=S(=O)(OC[C@@H]1CN(Cc2ccccc2)CC[C@@H]1c1ccc(F)cc1)c1ccccc1. The quantitative estimate of drug-likeness (QED) is 0.495. The van der Waals surface area contributed by atoms with Gasteiger partial charge in [-0.2, -0.15) is 8.42 Å². The van der Waals surface area contributed by atoms with Crippen molar-refractivity contribution in [2.24, 2.45) is 5.92 Å². The van der Waals surface area contributed by atoms with Gasteiger partial charge in [0.2, 0.25) is 0 Å². The molecule has 162 valence electrons. The number of halogens is 1. The number of rotatable bonds is 7. The van der Waals surface area contributed by atoms with Gasteiger partial charge in [-0.25, -0.2) is 4.39 Å². The van der Waals surface area contributed by atoms with Crippen molar-refractivity contribution in [2.45, 2.75) is 23.8 Å². The molecule has 0 bridgehead atoms. The van der Waals surface area contributed by atoms with Crippen molar-refractivity contribution in [2.75, 3.05) is 19.7 Å². The molecule has 1 heterocycles. The summed E-state index contributed by atoms with van der Waals surface area (Å²) in [5.74, 6) is -0.190. The number of nitrogens with zero attached hydrogens (tertiary/aromatic N) is 1. The van der Waals surface area contributed by atoms with E-state index in [4.69, 9.17) is 4.18 Å². The van der Waals surface area contributed by atoms with Crippen LogP contribution in [0.25, 0.3) is 0 Å². The van der Waals surface area contributed by atoms with Crippen molar-refractivity contribution in [1.29, 1.82) is 0 Å². The van der Waals surface area contributed by atoms with E-state index in [1.807, 2.05) is 18.2 Å². The highest BCUT2D eigenvalue weighted by Gasteiger charge is 2.32. The van der Waals surface area contributed by atoms with Crippen LogP contribution in [0, 0.1) is 11.7 Å². The highest BCUT2D eigenvalue weighted by atomic mass is 32.2. The summed E-state index contributed by atoms with van der Waals surface area (Å²) < 4.78 is 44.2. The lowest BCUT2D eigenvalue weighted by Crippen LogP contribution is -2.41. The number of likely N-dealkylation sites (tertiary alicyclic amines) is 1. The van der Waals surface area contributed by atoms with Gasteiger partial charge in [0.15, 0.2) is 0 Å². The molecule has 1 fully saturated rings. The summed E-state index contributed by atoms with van der Waals surface area (Å²) in [5.41, 5.74) is 2.24. The fraction of sp³-hybridized carbons (Fsp3) is 0.280. The molecule has 0 unspecified atom stereocenters. The van der Waals surface area contributed by atoms with Crippen LogP contribution >= 0.6 is 0 Å². The first-order valence-electron chi connectivity index (χ1n) is 10.5. The Morgan fingerprint density at radius 1 is 0.903 bits per heavy atom. The Bertz CT molecular complexity index is 1070. The van der Waals surface area contributed by atoms with E-state index in [0.717, 1.165) is 25.1 Å². The van der Waals surface area contributed by atoms with Gasteiger partial charge in [-0.15, -0.1) is 0 Å². The van der Waals surface area contributed by atoms with E-state index in [0.29, 0.717) is 6.54 Å².